The molecule has 3 saturated carbocycles. The normalized spacial score (nSPS) is 47.0. The van der Waals surface area contributed by atoms with Gasteiger partial charge in [-0.15, -0.1) is 0 Å². The third kappa shape index (κ3) is 1.63. The van der Waals surface area contributed by atoms with E-state index in [4.69, 9.17) is 0 Å². The van der Waals surface area contributed by atoms with Crippen LogP contribution in [-0.4, -0.2) is 34.8 Å². The van der Waals surface area contributed by atoms with E-state index in [1.165, 1.54) is 24.2 Å². The van der Waals surface area contributed by atoms with E-state index in [0.29, 0.717) is 12.5 Å². The number of hydrogen-bond donors (Lipinski definition) is 1. The molecule has 0 aromatic heterocycles. The van der Waals surface area contributed by atoms with Crippen molar-refractivity contribution in [1.29, 1.82) is 0 Å². The van der Waals surface area contributed by atoms with Crippen LogP contribution in [0.3, 0.4) is 0 Å². The third-order valence-corrected chi connectivity index (χ3v) is 6.34. The Kier molecular flexibility index (Phi) is 2.75. The lowest BCUT2D eigenvalue weighted by Gasteiger charge is -2.22. The van der Waals surface area contributed by atoms with Crippen molar-refractivity contribution in [3.05, 3.63) is 0 Å². The van der Waals surface area contributed by atoms with Gasteiger partial charge in [0.2, 0.25) is 11.8 Å². The van der Waals surface area contributed by atoms with Gasteiger partial charge in [-0.2, -0.15) is 0 Å². The summed E-state index contributed by atoms with van der Waals surface area (Å²) in [5, 5.41) is 3.53. The zero-order chi connectivity index (χ0) is 14.0. The number of likely N-dealkylation sites (tertiary alicyclic amines) is 1. The Morgan fingerprint density at radius 3 is 2.50 bits per heavy atom. The number of imide groups is 1. The van der Waals surface area contributed by atoms with E-state index in [1.807, 2.05) is 13.8 Å². The van der Waals surface area contributed by atoms with Crippen LogP contribution in [0, 0.1) is 23.7 Å². The van der Waals surface area contributed by atoms with Crippen LogP contribution in [-0.2, 0) is 9.59 Å². The lowest BCUT2D eigenvalue weighted by atomic mass is 10.0. The average molecular weight is 276 g/mol. The van der Waals surface area contributed by atoms with E-state index in [1.54, 1.807) is 0 Å². The van der Waals surface area contributed by atoms with E-state index in [-0.39, 0.29) is 23.9 Å². The summed E-state index contributed by atoms with van der Waals surface area (Å²) < 4.78 is 0. The fraction of sp³-hybridized carbons (Fsp3) is 0.875. The van der Waals surface area contributed by atoms with Crippen LogP contribution in [0.4, 0.5) is 0 Å². The minimum atomic E-state index is -0.244. The fourth-order valence-electron chi connectivity index (χ4n) is 5.21. The lowest BCUT2D eigenvalue weighted by Crippen LogP contribution is -2.44. The number of nitrogens with zero attached hydrogens (tertiary/aromatic N) is 1. The first-order chi connectivity index (χ1) is 9.61. The number of carbonyl (C=O) groups is 2. The van der Waals surface area contributed by atoms with Gasteiger partial charge in [0.15, 0.2) is 0 Å². The lowest BCUT2D eigenvalue weighted by molar-refractivity contribution is -0.141. The topological polar surface area (TPSA) is 49.4 Å². The molecule has 1 heterocycles. The Balaban J connectivity index is 1.41. The summed E-state index contributed by atoms with van der Waals surface area (Å²) in [5.41, 5.74) is 0. The first-order valence-corrected chi connectivity index (χ1v) is 8.23. The van der Waals surface area contributed by atoms with Crippen LogP contribution in [0.5, 0.6) is 0 Å². The molecule has 3 aliphatic carbocycles. The van der Waals surface area contributed by atoms with Crippen molar-refractivity contribution >= 4 is 11.8 Å². The molecule has 0 aromatic carbocycles. The van der Waals surface area contributed by atoms with E-state index in [2.05, 4.69) is 5.32 Å². The first-order valence-electron chi connectivity index (χ1n) is 8.23. The summed E-state index contributed by atoms with van der Waals surface area (Å²) in [7, 11) is 0. The number of nitrogens with one attached hydrogen (secondary N) is 1. The van der Waals surface area contributed by atoms with Crippen molar-refractivity contribution in [3.8, 4) is 0 Å². The molecule has 2 amide bonds. The molecule has 1 aliphatic heterocycles. The van der Waals surface area contributed by atoms with Crippen LogP contribution in [0.2, 0.25) is 0 Å². The summed E-state index contributed by atoms with van der Waals surface area (Å²) in [4.78, 5) is 26.0. The summed E-state index contributed by atoms with van der Waals surface area (Å²) in [6.07, 6.45) is 5.41. The van der Waals surface area contributed by atoms with Crippen LogP contribution < -0.4 is 5.32 Å². The first kappa shape index (κ1) is 12.8. The molecule has 1 saturated heterocycles. The number of hydrogen-bond acceptors (Lipinski definition) is 3. The molecule has 110 valence electrons. The second-order valence-corrected chi connectivity index (χ2v) is 7.30. The highest BCUT2D eigenvalue weighted by Crippen LogP contribution is 2.65. The summed E-state index contributed by atoms with van der Waals surface area (Å²) in [6, 6.07) is 0.322. The smallest absolute Gasteiger partial charge is 0.247 e. The van der Waals surface area contributed by atoms with Crippen LogP contribution in [0.15, 0.2) is 0 Å². The van der Waals surface area contributed by atoms with Crippen molar-refractivity contribution in [2.75, 3.05) is 0 Å². The van der Waals surface area contributed by atoms with Crippen molar-refractivity contribution in [2.24, 2.45) is 23.7 Å². The predicted molar refractivity (Wildman–Crippen MR) is 74.7 cm³/mol. The molecule has 6 unspecified atom stereocenters. The van der Waals surface area contributed by atoms with Gasteiger partial charge >= 0.3 is 0 Å². The van der Waals surface area contributed by atoms with Crippen LogP contribution in [0.1, 0.15) is 46.0 Å². The number of rotatable bonds is 4. The average Bonchev–Trinajstić information content (AvgIpc) is 2.76. The molecule has 4 fully saturated rings. The van der Waals surface area contributed by atoms with Gasteiger partial charge in [0.05, 0.1) is 12.5 Å². The highest BCUT2D eigenvalue weighted by atomic mass is 16.2. The van der Waals surface area contributed by atoms with Crippen LogP contribution in [0.25, 0.3) is 0 Å². The van der Waals surface area contributed by atoms with Crippen molar-refractivity contribution in [3.63, 3.8) is 0 Å². The minimum absolute atomic E-state index is 0.00984. The molecular weight excluding hydrogens is 252 g/mol. The molecule has 6 atom stereocenters. The number of carbonyl (C=O) groups excluding carboxylic acids is 2. The van der Waals surface area contributed by atoms with E-state index in [9.17, 15) is 9.59 Å². The van der Waals surface area contributed by atoms with Gasteiger partial charge in [0.25, 0.3) is 0 Å². The zero-order valence-electron chi connectivity index (χ0n) is 12.3. The molecule has 0 aromatic rings. The standard InChI is InChI=1S/C16H24N2O2/c1-3-8(2)18-12(19)7-11(16(18)20)17-15-13-9-4-5-10(6-9)14(13)15/h8-11,13-15,17H,3-7H2,1-2H3. The highest BCUT2D eigenvalue weighted by molar-refractivity contribution is 6.05. The third-order valence-electron chi connectivity index (χ3n) is 6.34. The molecular formula is C16H24N2O2. The Morgan fingerprint density at radius 1 is 1.25 bits per heavy atom. The molecule has 1 N–H and O–H groups in total. The second-order valence-electron chi connectivity index (χ2n) is 7.30. The second kappa shape index (κ2) is 4.30. The number of amides is 2. The van der Waals surface area contributed by atoms with E-state index < -0.39 is 0 Å². The maximum Gasteiger partial charge on any atom is 0.247 e. The quantitative estimate of drug-likeness (QED) is 0.793. The fourth-order valence-corrected chi connectivity index (χ4v) is 5.21. The molecule has 2 bridgehead atoms. The van der Waals surface area contributed by atoms with Crippen molar-refractivity contribution in [2.45, 2.75) is 64.1 Å². The van der Waals surface area contributed by atoms with Gasteiger partial charge in [-0.3, -0.25) is 14.5 Å². The Bertz CT molecular complexity index is 447. The molecule has 0 radical (unpaired) electrons. The Labute approximate surface area is 120 Å². The van der Waals surface area contributed by atoms with Crippen molar-refractivity contribution < 1.29 is 9.59 Å². The van der Waals surface area contributed by atoms with Crippen LogP contribution >= 0.6 is 0 Å². The SMILES string of the molecule is CCC(C)N1C(=O)CC(NC2C3C4CCC(C4)C23)C1=O. The predicted octanol–water partition coefficient (Wildman–Crippen LogP) is 1.55. The molecule has 4 rings (SSSR count). The summed E-state index contributed by atoms with van der Waals surface area (Å²) >= 11 is 0. The van der Waals surface area contributed by atoms with Gasteiger partial charge in [-0.25, -0.2) is 0 Å². The number of fused-ring (bicyclic) bond motifs is 5. The zero-order valence-corrected chi connectivity index (χ0v) is 12.3. The largest absolute Gasteiger partial charge is 0.302 e. The molecule has 20 heavy (non-hydrogen) atoms. The van der Waals surface area contributed by atoms with Gasteiger partial charge in [-0.1, -0.05) is 6.92 Å². The molecule has 0 spiro atoms. The van der Waals surface area contributed by atoms with E-state index in [0.717, 1.165) is 30.1 Å². The summed E-state index contributed by atoms with van der Waals surface area (Å²) in [5.74, 6) is 3.46. The minimum Gasteiger partial charge on any atom is -0.302 e. The molecule has 4 heteroatoms. The monoisotopic (exact) mass is 276 g/mol. The molecule has 4 aliphatic rings. The summed E-state index contributed by atoms with van der Waals surface area (Å²) in [6.45, 7) is 3.99. The van der Waals surface area contributed by atoms with Gasteiger partial charge in [0.1, 0.15) is 0 Å². The maximum atomic E-state index is 12.4. The maximum absolute atomic E-state index is 12.4. The van der Waals surface area contributed by atoms with Crippen molar-refractivity contribution in [1.82, 2.24) is 10.2 Å². The van der Waals surface area contributed by atoms with Gasteiger partial charge in [-0.05, 0) is 56.3 Å². The van der Waals surface area contributed by atoms with E-state index >= 15 is 0 Å². The molecule has 4 nitrogen and oxygen atoms in total. The van der Waals surface area contributed by atoms with Gasteiger partial charge < -0.3 is 5.32 Å². The Morgan fingerprint density at radius 2 is 1.90 bits per heavy atom. The highest BCUT2D eigenvalue weighted by Gasteiger charge is 2.65. The van der Waals surface area contributed by atoms with Gasteiger partial charge in [0, 0.05) is 12.1 Å². The Hall–Kier alpha value is -0.900.